The first-order chi connectivity index (χ1) is 12.6. The maximum absolute atomic E-state index is 13.7. The van der Waals surface area contributed by atoms with E-state index < -0.39 is 0 Å². The number of para-hydroxylation sites is 1. The van der Waals surface area contributed by atoms with Crippen molar-refractivity contribution in [3.05, 3.63) is 99.6 Å². The van der Waals surface area contributed by atoms with Crippen molar-refractivity contribution in [3.8, 4) is 11.4 Å². The molecule has 0 atom stereocenters. The molecule has 0 N–H and O–H groups in total. The van der Waals surface area contributed by atoms with Crippen LogP contribution in [0.5, 0.6) is 0 Å². The van der Waals surface area contributed by atoms with Crippen molar-refractivity contribution in [2.45, 2.75) is 6.54 Å². The number of rotatable bonds is 3. The second-order valence-electron chi connectivity index (χ2n) is 5.98. The summed E-state index contributed by atoms with van der Waals surface area (Å²) in [6, 6.07) is 20.5. The molecule has 0 saturated heterocycles. The third kappa shape index (κ3) is 3.11. The highest BCUT2D eigenvalue weighted by molar-refractivity contribution is 6.30. The van der Waals surface area contributed by atoms with E-state index in [0.29, 0.717) is 33.9 Å². The van der Waals surface area contributed by atoms with Crippen LogP contribution in [0, 0.1) is 5.82 Å². The number of hydrogen-bond acceptors (Lipinski definition) is 2. The first-order valence-corrected chi connectivity index (χ1v) is 8.49. The van der Waals surface area contributed by atoms with Crippen molar-refractivity contribution in [3.63, 3.8) is 0 Å². The third-order valence-electron chi connectivity index (χ3n) is 4.20. The summed E-state index contributed by atoms with van der Waals surface area (Å²) in [7, 11) is 0. The predicted octanol–water partition coefficient (Wildman–Crippen LogP) is 4.90. The number of halogens is 2. The minimum atomic E-state index is -0.372. The van der Waals surface area contributed by atoms with Gasteiger partial charge in [0.15, 0.2) is 0 Å². The van der Waals surface area contributed by atoms with Gasteiger partial charge in [-0.05, 0) is 42.0 Å². The normalized spacial score (nSPS) is 11.0. The van der Waals surface area contributed by atoms with Gasteiger partial charge in [-0.3, -0.25) is 9.36 Å². The van der Waals surface area contributed by atoms with Crippen molar-refractivity contribution < 1.29 is 4.39 Å². The summed E-state index contributed by atoms with van der Waals surface area (Å²) in [5.41, 5.74) is 1.89. The van der Waals surface area contributed by atoms with Gasteiger partial charge in [0.1, 0.15) is 11.6 Å². The van der Waals surface area contributed by atoms with Crippen LogP contribution in [0.15, 0.2) is 77.6 Å². The second-order valence-corrected chi connectivity index (χ2v) is 6.42. The smallest absolute Gasteiger partial charge is 0.261 e. The van der Waals surface area contributed by atoms with Gasteiger partial charge in [0.05, 0.1) is 17.4 Å². The van der Waals surface area contributed by atoms with Crippen molar-refractivity contribution in [1.82, 2.24) is 9.55 Å². The highest BCUT2D eigenvalue weighted by Crippen LogP contribution is 2.21. The minimum absolute atomic E-state index is 0.162. The Morgan fingerprint density at radius 3 is 2.50 bits per heavy atom. The minimum Gasteiger partial charge on any atom is -0.288 e. The lowest BCUT2D eigenvalue weighted by Crippen LogP contribution is -2.24. The van der Waals surface area contributed by atoms with Crippen LogP contribution >= 0.6 is 11.6 Å². The molecule has 128 valence electrons. The molecule has 3 aromatic carbocycles. The fraction of sp³-hybridized carbons (Fsp3) is 0.0476. The summed E-state index contributed by atoms with van der Waals surface area (Å²) in [4.78, 5) is 17.7. The van der Waals surface area contributed by atoms with Crippen molar-refractivity contribution >= 4 is 22.5 Å². The Morgan fingerprint density at radius 2 is 1.73 bits per heavy atom. The molecule has 3 nitrogen and oxygen atoms in total. The summed E-state index contributed by atoms with van der Waals surface area (Å²) in [5, 5.41) is 1.16. The lowest BCUT2D eigenvalue weighted by atomic mass is 10.1. The zero-order valence-corrected chi connectivity index (χ0v) is 14.4. The fourth-order valence-corrected chi connectivity index (χ4v) is 3.06. The third-order valence-corrected chi connectivity index (χ3v) is 4.45. The first-order valence-electron chi connectivity index (χ1n) is 8.12. The molecule has 0 unspecified atom stereocenters. The lowest BCUT2D eigenvalue weighted by molar-refractivity contribution is 0.627. The number of nitrogens with zero attached hydrogens (tertiary/aromatic N) is 2. The molecule has 0 fully saturated rings. The number of aromatic nitrogens is 2. The predicted molar refractivity (Wildman–Crippen MR) is 102 cm³/mol. The number of fused-ring (bicyclic) bond motifs is 1. The van der Waals surface area contributed by atoms with Gasteiger partial charge >= 0.3 is 0 Å². The van der Waals surface area contributed by atoms with E-state index in [1.54, 1.807) is 47.0 Å². The molecule has 4 aromatic rings. The summed E-state index contributed by atoms with van der Waals surface area (Å²) in [6.45, 7) is 0.319. The quantitative estimate of drug-likeness (QED) is 0.518. The molecule has 0 radical (unpaired) electrons. The molecular formula is C21H14ClFN2O. The molecule has 4 rings (SSSR count). The molecule has 0 aliphatic carbocycles. The van der Waals surface area contributed by atoms with Crippen molar-refractivity contribution in [2.75, 3.05) is 0 Å². The van der Waals surface area contributed by atoms with Gasteiger partial charge in [-0.2, -0.15) is 0 Å². The molecule has 0 spiro atoms. The molecule has 26 heavy (non-hydrogen) atoms. The molecule has 0 aliphatic rings. The topological polar surface area (TPSA) is 34.9 Å². The zero-order chi connectivity index (χ0) is 18.1. The van der Waals surface area contributed by atoms with Crippen molar-refractivity contribution in [1.29, 1.82) is 0 Å². The lowest BCUT2D eigenvalue weighted by Gasteiger charge is -2.14. The summed E-state index contributed by atoms with van der Waals surface area (Å²) >= 11 is 5.95. The molecule has 1 aromatic heterocycles. The van der Waals surface area contributed by atoms with E-state index >= 15 is 0 Å². The Balaban J connectivity index is 1.96. The van der Waals surface area contributed by atoms with Gasteiger partial charge in [-0.25, -0.2) is 9.37 Å². The number of hydrogen-bond donors (Lipinski definition) is 0. The Kier molecular flexibility index (Phi) is 4.27. The van der Waals surface area contributed by atoms with E-state index in [1.165, 1.54) is 12.1 Å². The monoisotopic (exact) mass is 364 g/mol. The van der Waals surface area contributed by atoms with Gasteiger partial charge in [-0.15, -0.1) is 0 Å². The molecule has 5 heteroatoms. The van der Waals surface area contributed by atoms with Gasteiger partial charge in [0, 0.05) is 10.6 Å². The molecule has 0 bridgehead atoms. The van der Waals surface area contributed by atoms with E-state index in [0.717, 1.165) is 5.56 Å². The van der Waals surface area contributed by atoms with Crippen LogP contribution < -0.4 is 5.56 Å². The Labute approximate surface area is 154 Å². The zero-order valence-electron chi connectivity index (χ0n) is 13.7. The Morgan fingerprint density at radius 1 is 0.962 bits per heavy atom. The Bertz CT molecular complexity index is 1150. The Hall–Kier alpha value is -2.98. The van der Waals surface area contributed by atoms with Gasteiger partial charge in [0.25, 0.3) is 5.56 Å². The van der Waals surface area contributed by atoms with Crippen LogP contribution in [0.3, 0.4) is 0 Å². The highest BCUT2D eigenvalue weighted by Gasteiger charge is 2.13. The van der Waals surface area contributed by atoms with Gasteiger partial charge < -0.3 is 0 Å². The van der Waals surface area contributed by atoms with E-state index in [2.05, 4.69) is 4.98 Å². The van der Waals surface area contributed by atoms with Crippen LogP contribution in [0.2, 0.25) is 5.02 Å². The number of benzene rings is 3. The van der Waals surface area contributed by atoms with E-state index in [-0.39, 0.29) is 11.4 Å². The molecule has 0 saturated carbocycles. The molecule has 1 heterocycles. The average molecular weight is 365 g/mol. The van der Waals surface area contributed by atoms with Crippen LogP contribution in [-0.2, 0) is 6.54 Å². The maximum atomic E-state index is 13.7. The second kappa shape index (κ2) is 6.73. The maximum Gasteiger partial charge on any atom is 0.261 e. The molecule has 0 aliphatic heterocycles. The molecular weight excluding hydrogens is 351 g/mol. The van der Waals surface area contributed by atoms with E-state index in [9.17, 15) is 9.18 Å². The molecule has 0 amide bonds. The summed E-state index contributed by atoms with van der Waals surface area (Å²) in [6.07, 6.45) is 0. The summed E-state index contributed by atoms with van der Waals surface area (Å²) in [5.74, 6) is 0.0612. The average Bonchev–Trinajstić information content (AvgIpc) is 2.65. The van der Waals surface area contributed by atoms with E-state index in [4.69, 9.17) is 11.6 Å². The highest BCUT2D eigenvalue weighted by atomic mass is 35.5. The standard InChI is InChI=1S/C21H14ClFN2O/c22-16-10-8-14(9-11-16)13-25-20(15-4-3-5-17(23)12-15)24-19-7-2-1-6-18(19)21(25)26/h1-12H,13H2. The van der Waals surface area contributed by atoms with Crippen LogP contribution in [-0.4, -0.2) is 9.55 Å². The summed E-state index contributed by atoms with van der Waals surface area (Å²) < 4.78 is 15.3. The van der Waals surface area contributed by atoms with Crippen LogP contribution in [0.4, 0.5) is 4.39 Å². The van der Waals surface area contributed by atoms with Crippen LogP contribution in [0.25, 0.3) is 22.3 Å². The fourth-order valence-electron chi connectivity index (χ4n) is 2.94. The van der Waals surface area contributed by atoms with Crippen LogP contribution in [0.1, 0.15) is 5.56 Å². The van der Waals surface area contributed by atoms with E-state index in [1.807, 2.05) is 18.2 Å². The SMILES string of the molecule is O=c1c2ccccc2nc(-c2cccc(F)c2)n1Cc1ccc(Cl)cc1. The van der Waals surface area contributed by atoms with Crippen molar-refractivity contribution in [2.24, 2.45) is 0 Å². The van der Waals surface area contributed by atoms with Gasteiger partial charge in [-0.1, -0.05) is 48.0 Å². The largest absolute Gasteiger partial charge is 0.288 e. The first kappa shape index (κ1) is 16.5. The van der Waals surface area contributed by atoms with Gasteiger partial charge in [0.2, 0.25) is 0 Å².